The molecule has 4 aromatic rings. The van der Waals surface area contributed by atoms with Gasteiger partial charge in [0.15, 0.2) is 0 Å². The van der Waals surface area contributed by atoms with E-state index in [9.17, 15) is 9.59 Å². The summed E-state index contributed by atoms with van der Waals surface area (Å²) in [7, 11) is 1.66. The van der Waals surface area contributed by atoms with Gasteiger partial charge in [-0.1, -0.05) is 55.5 Å². The van der Waals surface area contributed by atoms with E-state index in [1.807, 2.05) is 47.0 Å². The molecule has 0 radical (unpaired) electrons. The van der Waals surface area contributed by atoms with Crippen molar-refractivity contribution in [1.29, 1.82) is 0 Å². The van der Waals surface area contributed by atoms with Crippen LogP contribution >= 0.6 is 0 Å². The molecular formula is C24H26N4O2. The maximum atomic E-state index is 12.7. The molecule has 0 saturated carbocycles. The first-order valence-electron chi connectivity index (χ1n) is 10.3. The number of rotatable bonds is 7. The lowest BCUT2D eigenvalue weighted by Crippen LogP contribution is -2.27. The maximum Gasteiger partial charge on any atom is 0.291 e. The van der Waals surface area contributed by atoms with Crippen molar-refractivity contribution in [3.05, 3.63) is 76.7 Å². The fourth-order valence-electron chi connectivity index (χ4n) is 3.93. The smallest absolute Gasteiger partial charge is 0.291 e. The first-order valence-corrected chi connectivity index (χ1v) is 10.3. The number of aryl methyl sites for hydroxylation is 2. The van der Waals surface area contributed by atoms with Crippen molar-refractivity contribution < 1.29 is 4.79 Å². The van der Waals surface area contributed by atoms with Crippen LogP contribution < -0.4 is 10.9 Å². The number of hydrogen-bond donors (Lipinski definition) is 1. The Bertz CT molecular complexity index is 1240. The van der Waals surface area contributed by atoms with Gasteiger partial charge in [0.1, 0.15) is 5.52 Å². The predicted octanol–water partition coefficient (Wildman–Crippen LogP) is 3.59. The van der Waals surface area contributed by atoms with Crippen LogP contribution in [0.3, 0.4) is 0 Å². The third kappa shape index (κ3) is 3.85. The molecule has 2 aromatic carbocycles. The summed E-state index contributed by atoms with van der Waals surface area (Å²) in [5, 5.41) is 9.07. The molecule has 2 heterocycles. The molecule has 1 N–H and O–H groups in total. The molecule has 1 amide bonds. The highest BCUT2D eigenvalue weighted by atomic mass is 16.1. The molecule has 2 aromatic heterocycles. The Morgan fingerprint density at radius 1 is 1.07 bits per heavy atom. The second-order valence-electron chi connectivity index (χ2n) is 7.72. The lowest BCUT2D eigenvalue weighted by Gasteiger charge is -2.13. The van der Waals surface area contributed by atoms with Gasteiger partial charge in [0.25, 0.3) is 5.56 Å². The summed E-state index contributed by atoms with van der Waals surface area (Å²) >= 11 is 0. The number of hydrogen-bond acceptors (Lipinski definition) is 3. The normalized spacial score (nSPS) is 12.3. The standard InChI is InChI=1S/C24H26N4O2/c1-17(18-9-4-3-5-10-18)15-25-22(29)13-8-14-28-21-12-7-6-11-19(21)20-16-26-27(2)24(30)23(20)28/h3-7,9-12,16-17H,8,13-15H2,1-2H3,(H,25,29). The summed E-state index contributed by atoms with van der Waals surface area (Å²) < 4.78 is 3.38. The van der Waals surface area contributed by atoms with Crippen molar-refractivity contribution in [2.24, 2.45) is 7.05 Å². The monoisotopic (exact) mass is 402 g/mol. The van der Waals surface area contributed by atoms with Crippen LogP contribution in [0.15, 0.2) is 65.6 Å². The summed E-state index contributed by atoms with van der Waals surface area (Å²) in [5.41, 5.74) is 2.74. The minimum absolute atomic E-state index is 0.0353. The molecule has 0 aliphatic carbocycles. The lowest BCUT2D eigenvalue weighted by molar-refractivity contribution is -0.121. The second kappa shape index (κ2) is 8.53. The van der Waals surface area contributed by atoms with E-state index < -0.39 is 0 Å². The number of nitrogens with zero attached hydrogens (tertiary/aromatic N) is 3. The Hall–Kier alpha value is -3.41. The van der Waals surface area contributed by atoms with E-state index in [2.05, 4.69) is 29.5 Å². The number of aromatic nitrogens is 3. The summed E-state index contributed by atoms with van der Waals surface area (Å²) in [6, 6.07) is 18.1. The number of amides is 1. The highest BCUT2D eigenvalue weighted by Crippen LogP contribution is 2.26. The minimum Gasteiger partial charge on any atom is -0.356 e. The number of para-hydroxylation sites is 1. The van der Waals surface area contributed by atoms with Crippen molar-refractivity contribution in [2.75, 3.05) is 6.54 Å². The molecular weight excluding hydrogens is 376 g/mol. The summed E-state index contributed by atoms with van der Waals surface area (Å²) in [5.74, 6) is 0.302. The lowest BCUT2D eigenvalue weighted by atomic mass is 10.0. The molecule has 30 heavy (non-hydrogen) atoms. The summed E-state index contributed by atoms with van der Waals surface area (Å²) in [4.78, 5) is 25.1. The molecule has 154 valence electrons. The molecule has 0 aliphatic rings. The number of carbonyl (C=O) groups is 1. The van der Waals surface area contributed by atoms with E-state index in [1.165, 1.54) is 10.2 Å². The Balaban J connectivity index is 1.44. The third-order valence-electron chi connectivity index (χ3n) is 5.63. The Morgan fingerprint density at radius 2 is 1.80 bits per heavy atom. The zero-order chi connectivity index (χ0) is 21.1. The first kappa shape index (κ1) is 19.9. The van der Waals surface area contributed by atoms with Crippen LogP contribution in [-0.4, -0.2) is 26.8 Å². The van der Waals surface area contributed by atoms with Gasteiger partial charge in [-0.15, -0.1) is 0 Å². The van der Waals surface area contributed by atoms with Crippen LogP contribution in [0, 0.1) is 0 Å². The highest BCUT2D eigenvalue weighted by molar-refractivity contribution is 6.07. The van der Waals surface area contributed by atoms with Gasteiger partial charge >= 0.3 is 0 Å². The third-order valence-corrected chi connectivity index (χ3v) is 5.63. The minimum atomic E-state index is -0.121. The molecule has 0 fully saturated rings. The molecule has 1 atom stereocenters. The van der Waals surface area contributed by atoms with Gasteiger partial charge in [-0.2, -0.15) is 5.10 Å². The van der Waals surface area contributed by atoms with E-state index in [0.717, 1.165) is 16.3 Å². The average molecular weight is 402 g/mol. The van der Waals surface area contributed by atoms with Crippen LogP contribution in [0.2, 0.25) is 0 Å². The van der Waals surface area contributed by atoms with Gasteiger partial charge in [-0.3, -0.25) is 9.59 Å². The SMILES string of the molecule is CC(CNC(=O)CCCn1c2ccccc2c2cnn(C)c(=O)c21)c1ccccc1. The van der Waals surface area contributed by atoms with Crippen molar-refractivity contribution in [1.82, 2.24) is 19.7 Å². The average Bonchev–Trinajstić information content (AvgIpc) is 3.09. The van der Waals surface area contributed by atoms with E-state index in [1.54, 1.807) is 13.2 Å². The number of fused-ring (bicyclic) bond motifs is 3. The van der Waals surface area contributed by atoms with Gasteiger partial charge in [0, 0.05) is 42.8 Å². The van der Waals surface area contributed by atoms with Crippen molar-refractivity contribution in [3.8, 4) is 0 Å². The first-order chi connectivity index (χ1) is 14.6. The quantitative estimate of drug-likeness (QED) is 0.514. The van der Waals surface area contributed by atoms with Gasteiger partial charge in [0.05, 0.1) is 6.20 Å². The van der Waals surface area contributed by atoms with Gasteiger partial charge < -0.3 is 9.88 Å². The van der Waals surface area contributed by atoms with Crippen LogP contribution in [0.5, 0.6) is 0 Å². The molecule has 0 spiro atoms. The van der Waals surface area contributed by atoms with Crippen molar-refractivity contribution in [2.45, 2.75) is 32.2 Å². The molecule has 1 unspecified atom stereocenters. The molecule has 0 aliphatic heterocycles. The Morgan fingerprint density at radius 3 is 2.60 bits per heavy atom. The largest absolute Gasteiger partial charge is 0.356 e. The van der Waals surface area contributed by atoms with Gasteiger partial charge in [-0.25, -0.2) is 4.68 Å². The number of benzene rings is 2. The van der Waals surface area contributed by atoms with E-state index in [0.29, 0.717) is 31.4 Å². The van der Waals surface area contributed by atoms with Crippen molar-refractivity contribution >= 4 is 27.7 Å². The fraction of sp³-hybridized carbons (Fsp3) is 0.292. The van der Waals surface area contributed by atoms with E-state index in [4.69, 9.17) is 0 Å². The van der Waals surface area contributed by atoms with Gasteiger partial charge in [-0.05, 0) is 24.0 Å². The van der Waals surface area contributed by atoms with E-state index >= 15 is 0 Å². The molecule has 0 saturated heterocycles. The summed E-state index contributed by atoms with van der Waals surface area (Å²) in [6.07, 6.45) is 2.82. The molecule has 6 nitrogen and oxygen atoms in total. The number of carbonyl (C=O) groups excluding carboxylic acids is 1. The molecule has 4 rings (SSSR count). The van der Waals surface area contributed by atoms with Gasteiger partial charge in [0.2, 0.25) is 5.91 Å². The van der Waals surface area contributed by atoms with E-state index in [-0.39, 0.29) is 17.4 Å². The van der Waals surface area contributed by atoms with Crippen LogP contribution in [-0.2, 0) is 18.4 Å². The highest BCUT2D eigenvalue weighted by Gasteiger charge is 2.15. The molecule has 0 bridgehead atoms. The number of nitrogens with one attached hydrogen (secondary N) is 1. The fourth-order valence-corrected chi connectivity index (χ4v) is 3.93. The zero-order valence-electron chi connectivity index (χ0n) is 17.3. The van der Waals surface area contributed by atoms with Crippen LogP contribution in [0.4, 0.5) is 0 Å². The Labute approximate surface area is 175 Å². The Kier molecular flexibility index (Phi) is 5.65. The zero-order valence-corrected chi connectivity index (χ0v) is 17.3. The topological polar surface area (TPSA) is 68.9 Å². The van der Waals surface area contributed by atoms with Crippen LogP contribution in [0.25, 0.3) is 21.8 Å². The van der Waals surface area contributed by atoms with Crippen LogP contribution in [0.1, 0.15) is 31.2 Å². The maximum absolute atomic E-state index is 12.7. The van der Waals surface area contributed by atoms with Crippen molar-refractivity contribution in [3.63, 3.8) is 0 Å². The predicted molar refractivity (Wildman–Crippen MR) is 120 cm³/mol. The summed E-state index contributed by atoms with van der Waals surface area (Å²) in [6.45, 7) is 3.33. The second-order valence-corrected chi connectivity index (χ2v) is 7.72. The molecule has 6 heteroatoms.